The number of hydrogen-bond acceptors (Lipinski definition) is 4. The van der Waals surface area contributed by atoms with Gasteiger partial charge in [0.1, 0.15) is 0 Å². The van der Waals surface area contributed by atoms with Crippen LogP contribution in [0.3, 0.4) is 0 Å². The first-order chi connectivity index (χ1) is 9.69. The van der Waals surface area contributed by atoms with Crippen molar-refractivity contribution >= 4 is 0 Å². The van der Waals surface area contributed by atoms with Crippen molar-refractivity contribution in [2.45, 2.75) is 43.7 Å². The quantitative estimate of drug-likeness (QED) is 0.766. The molecule has 0 saturated heterocycles. The number of nitrogens with zero attached hydrogens (tertiary/aromatic N) is 1. The van der Waals surface area contributed by atoms with Gasteiger partial charge >= 0.3 is 0 Å². The maximum atomic E-state index is 10.2. The zero-order valence-electron chi connectivity index (χ0n) is 11.7. The summed E-state index contributed by atoms with van der Waals surface area (Å²) >= 11 is 0. The minimum atomic E-state index is -0.618. The fourth-order valence-electron chi connectivity index (χ4n) is 2.83. The Morgan fingerprint density at radius 1 is 1.20 bits per heavy atom. The number of hydrogen-bond donors (Lipinski definition) is 3. The topological polar surface area (TPSA) is 76.3 Å². The van der Waals surface area contributed by atoms with Crippen LogP contribution in [0.4, 0.5) is 0 Å². The van der Waals surface area contributed by atoms with Crippen LogP contribution in [0.25, 0.3) is 0 Å². The van der Waals surface area contributed by atoms with Gasteiger partial charge in [-0.3, -0.25) is 0 Å². The lowest BCUT2D eigenvalue weighted by Gasteiger charge is -2.37. The molecule has 0 aliphatic heterocycles. The van der Waals surface area contributed by atoms with Gasteiger partial charge in [0.15, 0.2) is 0 Å². The molecule has 0 radical (unpaired) electrons. The third-order valence-electron chi connectivity index (χ3n) is 4.21. The minimum absolute atomic E-state index is 0.118. The van der Waals surface area contributed by atoms with Crippen LogP contribution in [0.15, 0.2) is 24.3 Å². The van der Waals surface area contributed by atoms with Crippen molar-refractivity contribution in [2.24, 2.45) is 0 Å². The van der Waals surface area contributed by atoms with Crippen molar-refractivity contribution in [3.63, 3.8) is 0 Å². The molecule has 1 aliphatic carbocycles. The lowest BCUT2D eigenvalue weighted by atomic mass is 9.82. The molecule has 0 aromatic heterocycles. The predicted octanol–water partition coefficient (Wildman–Crippen LogP) is 1.88. The molecular formula is C16H22N2O2. The van der Waals surface area contributed by atoms with Gasteiger partial charge in [-0.1, -0.05) is 31.4 Å². The first-order valence-electron chi connectivity index (χ1n) is 7.23. The zero-order chi connectivity index (χ0) is 14.4. The summed E-state index contributed by atoms with van der Waals surface area (Å²) in [4.78, 5) is 0. The highest BCUT2D eigenvalue weighted by Crippen LogP contribution is 2.28. The van der Waals surface area contributed by atoms with E-state index in [1.807, 2.05) is 0 Å². The zero-order valence-corrected chi connectivity index (χ0v) is 11.7. The van der Waals surface area contributed by atoms with Crippen LogP contribution in [0.5, 0.6) is 0 Å². The predicted molar refractivity (Wildman–Crippen MR) is 77.0 cm³/mol. The molecule has 1 aliphatic rings. The summed E-state index contributed by atoms with van der Waals surface area (Å²) < 4.78 is 0. The Hall–Kier alpha value is -1.41. The summed E-state index contributed by atoms with van der Waals surface area (Å²) in [7, 11) is 0. The Morgan fingerprint density at radius 3 is 2.40 bits per heavy atom. The molecule has 4 heteroatoms. The van der Waals surface area contributed by atoms with Crippen molar-refractivity contribution in [1.82, 2.24) is 5.32 Å². The smallest absolute Gasteiger partial charge is 0.0991 e. The van der Waals surface area contributed by atoms with E-state index in [9.17, 15) is 10.2 Å². The molecule has 3 N–H and O–H groups in total. The molecular weight excluding hydrogens is 252 g/mol. The summed E-state index contributed by atoms with van der Waals surface area (Å²) in [6, 6.07) is 9.03. The Bertz CT molecular complexity index is 458. The second-order valence-electron chi connectivity index (χ2n) is 5.63. The molecule has 108 valence electrons. The molecule has 20 heavy (non-hydrogen) atoms. The van der Waals surface area contributed by atoms with Crippen molar-refractivity contribution in [3.8, 4) is 6.07 Å². The first-order valence-corrected chi connectivity index (χ1v) is 7.23. The molecule has 0 spiro atoms. The van der Waals surface area contributed by atoms with Crippen molar-refractivity contribution in [3.05, 3.63) is 35.4 Å². The van der Waals surface area contributed by atoms with E-state index >= 15 is 0 Å². The monoisotopic (exact) mass is 274 g/mol. The van der Waals surface area contributed by atoms with Crippen LogP contribution in [-0.2, 0) is 0 Å². The van der Waals surface area contributed by atoms with Crippen molar-refractivity contribution in [1.29, 1.82) is 5.26 Å². The van der Waals surface area contributed by atoms with Gasteiger partial charge in [0.05, 0.1) is 24.3 Å². The third kappa shape index (κ3) is 3.57. The molecule has 1 atom stereocenters. The van der Waals surface area contributed by atoms with Gasteiger partial charge in [-0.05, 0) is 30.5 Å². The maximum Gasteiger partial charge on any atom is 0.0991 e. The van der Waals surface area contributed by atoms with Crippen LogP contribution in [0.1, 0.15) is 49.3 Å². The Labute approximate surface area is 120 Å². The molecule has 1 aromatic carbocycles. The Morgan fingerprint density at radius 2 is 1.85 bits per heavy atom. The van der Waals surface area contributed by atoms with E-state index in [0.29, 0.717) is 12.1 Å². The lowest BCUT2D eigenvalue weighted by Crippen LogP contribution is -2.51. The van der Waals surface area contributed by atoms with Crippen LogP contribution >= 0.6 is 0 Å². The van der Waals surface area contributed by atoms with E-state index in [2.05, 4.69) is 11.4 Å². The fraction of sp³-hybridized carbons (Fsp3) is 0.562. The van der Waals surface area contributed by atoms with E-state index in [-0.39, 0.29) is 12.1 Å². The van der Waals surface area contributed by atoms with Crippen LogP contribution in [-0.4, -0.2) is 28.9 Å². The third-order valence-corrected chi connectivity index (χ3v) is 4.21. The number of rotatable bonds is 5. The normalized spacial score (nSPS) is 19.2. The van der Waals surface area contributed by atoms with Crippen LogP contribution < -0.4 is 5.32 Å². The van der Waals surface area contributed by atoms with E-state index in [4.69, 9.17) is 5.26 Å². The van der Waals surface area contributed by atoms with Gasteiger partial charge in [-0.15, -0.1) is 0 Å². The number of nitriles is 1. The summed E-state index contributed by atoms with van der Waals surface area (Å²) in [5, 5.41) is 31.9. The summed E-state index contributed by atoms with van der Waals surface area (Å²) in [6.07, 6.45) is 4.78. The maximum absolute atomic E-state index is 10.2. The molecule has 0 bridgehead atoms. The number of nitrogens with one attached hydrogen (secondary N) is 1. The number of β-amino-alcohol motifs (C(OH)–C–C–N with tert-alkyl or cyclic N) is 1. The van der Waals surface area contributed by atoms with E-state index in [0.717, 1.165) is 31.2 Å². The van der Waals surface area contributed by atoms with E-state index < -0.39 is 6.10 Å². The largest absolute Gasteiger partial charge is 0.394 e. The average molecular weight is 274 g/mol. The molecule has 0 amide bonds. The second-order valence-corrected chi connectivity index (χ2v) is 5.63. The molecule has 4 nitrogen and oxygen atoms in total. The molecule has 1 saturated carbocycles. The average Bonchev–Trinajstić information content (AvgIpc) is 2.53. The second kappa shape index (κ2) is 6.85. The SMILES string of the molecule is N#Cc1ccc(C(O)CNC2(CO)CCCCC2)cc1. The van der Waals surface area contributed by atoms with Gasteiger partial charge in [-0.25, -0.2) is 0 Å². The molecule has 1 unspecified atom stereocenters. The lowest BCUT2D eigenvalue weighted by molar-refractivity contribution is 0.0944. The summed E-state index contributed by atoms with van der Waals surface area (Å²) in [5.41, 5.74) is 1.15. The summed E-state index contributed by atoms with van der Waals surface area (Å²) in [6.45, 7) is 0.541. The molecule has 1 fully saturated rings. The van der Waals surface area contributed by atoms with Crippen LogP contribution in [0, 0.1) is 11.3 Å². The Kier molecular flexibility index (Phi) is 5.13. The van der Waals surface area contributed by atoms with Crippen molar-refractivity contribution < 1.29 is 10.2 Å². The molecule has 2 rings (SSSR count). The minimum Gasteiger partial charge on any atom is -0.394 e. The van der Waals surface area contributed by atoms with Crippen LogP contribution in [0.2, 0.25) is 0 Å². The fourth-order valence-corrected chi connectivity index (χ4v) is 2.83. The van der Waals surface area contributed by atoms with E-state index in [1.165, 1.54) is 6.42 Å². The highest BCUT2D eigenvalue weighted by molar-refractivity contribution is 5.32. The molecule has 0 heterocycles. The van der Waals surface area contributed by atoms with Gasteiger partial charge in [0.25, 0.3) is 0 Å². The van der Waals surface area contributed by atoms with Crippen molar-refractivity contribution in [2.75, 3.05) is 13.2 Å². The van der Waals surface area contributed by atoms with E-state index in [1.54, 1.807) is 24.3 Å². The highest BCUT2D eigenvalue weighted by Gasteiger charge is 2.31. The number of aliphatic hydroxyl groups is 2. The van der Waals surface area contributed by atoms with Gasteiger partial charge in [0, 0.05) is 12.1 Å². The summed E-state index contributed by atoms with van der Waals surface area (Å²) in [5.74, 6) is 0. The van der Waals surface area contributed by atoms with Gasteiger partial charge < -0.3 is 15.5 Å². The Balaban J connectivity index is 1.93. The standard InChI is InChI=1S/C16H22N2O2/c17-10-13-4-6-14(7-5-13)15(20)11-18-16(12-19)8-2-1-3-9-16/h4-7,15,18-20H,1-3,8-9,11-12H2. The number of benzene rings is 1. The first kappa shape index (κ1) is 15.0. The number of aliphatic hydroxyl groups excluding tert-OH is 2. The molecule has 1 aromatic rings. The van der Waals surface area contributed by atoms with Gasteiger partial charge in [0.2, 0.25) is 0 Å². The van der Waals surface area contributed by atoms with Gasteiger partial charge in [-0.2, -0.15) is 5.26 Å². The highest BCUT2D eigenvalue weighted by atomic mass is 16.3.